The lowest BCUT2D eigenvalue weighted by atomic mass is 10.1. The van der Waals surface area contributed by atoms with E-state index >= 15 is 0 Å². The number of phosphoric ester groups is 1. The molecule has 0 saturated carbocycles. The van der Waals surface area contributed by atoms with Crippen LogP contribution in [0.25, 0.3) is 0 Å². The van der Waals surface area contributed by atoms with Gasteiger partial charge in [-0.15, -0.1) is 0 Å². The molecule has 1 unspecified atom stereocenters. The van der Waals surface area contributed by atoms with Gasteiger partial charge in [0.05, 0.1) is 13.2 Å². The lowest BCUT2D eigenvalue weighted by Crippen LogP contribution is -2.29. The summed E-state index contributed by atoms with van der Waals surface area (Å²) in [6.07, 6.45) is 38.5. The molecule has 0 aliphatic heterocycles. The molecule has 0 bridgehead atoms. The molecule has 49 heavy (non-hydrogen) atoms. The topological polar surface area (TPSA) is 134 Å². The highest BCUT2D eigenvalue weighted by Crippen LogP contribution is 2.43. The molecule has 0 aliphatic carbocycles. The van der Waals surface area contributed by atoms with Gasteiger partial charge in [0.15, 0.2) is 6.10 Å². The molecule has 284 valence electrons. The third-order valence-corrected chi connectivity index (χ3v) is 8.68. The fourth-order valence-corrected chi connectivity index (χ4v) is 5.64. The van der Waals surface area contributed by atoms with Gasteiger partial charge in [-0.1, -0.05) is 120 Å². The Hall–Kier alpha value is -2.03. The first-order valence-corrected chi connectivity index (χ1v) is 20.6. The van der Waals surface area contributed by atoms with E-state index in [1.165, 1.54) is 32.1 Å². The van der Waals surface area contributed by atoms with Crippen LogP contribution in [0.5, 0.6) is 0 Å². The maximum Gasteiger partial charge on any atom is 0.472 e. The van der Waals surface area contributed by atoms with Gasteiger partial charge in [-0.2, -0.15) is 0 Å². The molecule has 2 atom stereocenters. The Balaban J connectivity index is 4.28. The number of hydrogen-bond acceptors (Lipinski definition) is 8. The van der Waals surface area contributed by atoms with E-state index in [-0.39, 0.29) is 32.6 Å². The number of phosphoric acid groups is 1. The van der Waals surface area contributed by atoms with Crippen LogP contribution < -0.4 is 5.73 Å². The zero-order valence-electron chi connectivity index (χ0n) is 30.9. The standard InChI is InChI=1S/C39H70NO8P/c1-3-5-7-9-11-13-15-17-18-20-22-24-26-28-30-32-39(42)48-37(36-47-49(43,44)46-34-33-40)35-45-38(41)31-29-27-25-23-21-19-16-14-12-10-8-6-4-2/h5,7,11,13-14,16-18,37H,3-4,6,8-10,12,15,19-36,40H2,1-2H3,(H,43,44)/b7-5+,13-11+,16-14+,18-17+/t37-/m1/s1. The van der Waals surface area contributed by atoms with Crippen LogP contribution in [0.2, 0.25) is 0 Å². The largest absolute Gasteiger partial charge is 0.472 e. The van der Waals surface area contributed by atoms with Crippen LogP contribution in [-0.4, -0.2) is 49.3 Å². The Kier molecular flexibility index (Phi) is 34.3. The molecule has 10 heteroatoms. The van der Waals surface area contributed by atoms with Crippen LogP contribution in [0.15, 0.2) is 48.6 Å². The number of esters is 2. The smallest absolute Gasteiger partial charge is 0.462 e. The monoisotopic (exact) mass is 711 g/mol. The van der Waals surface area contributed by atoms with Gasteiger partial charge in [0.2, 0.25) is 0 Å². The molecular weight excluding hydrogens is 641 g/mol. The van der Waals surface area contributed by atoms with Crippen LogP contribution in [0.4, 0.5) is 0 Å². The first kappa shape index (κ1) is 47.0. The van der Waals surface area contributed by atoms with E-state index in [2.05, 4.69) is 62.5 Å². The molecular formula is C39H70NO8P. The van der Waals surface area contributed by atoms with Gasteiger partial charge >= 0.3 is 19.8 Å². The first-order chi connectivity index (χ1) is 23.8. The molecule has 0 radical (unpaired) electrons. The van der Waals surface area contributed by atoms with E-state index in [1.54, 1.807) is 0 Å². The van der Waals surface area contributed by atoms with Crippen LogP contribution >= 0.6 is 7.82 Å². The second-order valence-electron chi connectivity index (χ2n) is 12.4. The number of nitrogens with two attached hydrogens (primary N) is 1. The van der Waals surface area contributed by atoms with Crippen molar-refractivity contribution in [2.75, 3.05) is 26.4 Å². The number of allylic oxidation sites excluding steroid dienone is 8. The predicted octanol–water partition coefficient (Wildman–Crippen LogP) is 10.4. The molecule has 9 nitrogen and oxygen atoms in total. The molecule has 0 heterocycles. The van der Waals surface area contributed by atoms with E-state index in [4.69, 9.17) is 24.3 Å². The number of ether oxygens (including phenoxy) is 2. The highest BCUT2D eigenvalue weighted by Gasteiger charge is 2.25. The number of hydrogen-bond donors (Lipinski definition) is 2. The lowest BCUT2D eigenvalue weighted by molar-refractivity contribution is -0.161. The third kappa shape index (κ3) is 35.6. The first-order valence-electron chi connectivity index (χ1n) is 19.1. The highest BCUT2D eigenvalue weighted by atomic mass is 31.2. The zero-order chi connectivity index (χ0) is 36.1. The predicted molar refractivity (Wildman–Crippen MR) is 201 cm³/mol. The van der Waals surface area contributed by atoms with E-state index < -0.39 is 32.5 Å². The molecule has 0 spiro atoms. The van der Waals surface area contributed by atoms with Crippen molar-refractivity contribution in [3.8, 4) is 0 Å². The van der Waals surface area contributed by atoms with Crippen LogP contribution in [-0.2, 0) is 32.7 Å². The summed E-state index contributed by atoms with van der Waals surface area (Å²) in [4.78, 5) is 34.7. The Morgan fingerprint density at radius 3 is 1.69 bits per heavy atom. The van der Waals surface area contributed by atoms with Crippen molar-refractivity contribution in [1.82, 2.24) is 0 Å². The fourth-order valence-electron chi connectivity index (χ4n) is 4.88. The number of carbonyl (C=O) groups is 2. The summed E-state index contributed by atoms with van der Waals surface area (Å²) in [5.74, 6) is -0.863. The van der Waals surface area contributed by atoms with Gasteiger partial charge in [-0.3, -0.25) is 18.6 Å². The molecule has 0 aromatic rings. The van der Waals surface area contributed by atoms with Crippen molar-refractivity contribution in [2.45, 2.75) is 161 Å². The normalized spacial score (nSPS) is 14.0. The quantitative estimate of drug-likeness (QED) is 0.0285. The minimum absolute atomic E-state index is 0.0475. The van der Waals surface area contributed by atoms with Crippen molar-refractivity contribution in [3.63, 3.8) is 0 Å². The van der Waals surface area contributed by atoms with E-state index in [0.29, 0.717) is 6.42 Å². The second kappa shape index (κ2) is 35.8. The van der Waals surface area contributed by atoms with Gasteiger partial charge in [-0.05, 0) is 70.6 Å². The summed E-state index contributed by atoms with van der Waals surface area (Å²) in [6, 6.07) is 0. The van der Waals surface area contributed by atoms with Crippen molar-refractivity contribution in [3.05, 3.63) is 48.6 Å². The van der Waals surface area contributed by atoms with Gasteiger partial charge in [0.1, 0.15) is 6.61 Å². The van der Waals surface area contributed by atoms with Crippen LogP contribution in [0, 0.1) is 0 Å². The third-order valence-electron chi connectivity index (χ3n) is 7.70. The number of carbonyl (C=O) groups excluding carboxylic acids is 2. The Morgan fingerprint density at radius 2 is 1.12 bits per heavy atom. The molecule has 0 fully saturated rings. The van der Waals surface area contributed by atoms with Gasteiger partial charge in [0, 0.05) is 19.4 Å². The Labute approximate surface area is 298 Å². The lowest BCUT2D eigenvalue weighted by Gasteiger charge is -2.19. The summed E-state index contributed by atoms with van der Waals surface area (Å²) in [5.41, 5.74) is 5.33. The maximum absolute atomic E-state index is 12.5. The summed E-state index contributed by atoms with van der Waals surface area (Å²) in [6.45, 7) is 3.55. The van der Waals surface area contributed by atoms with Gasteiger partial charge < -0.3 is 20.1 Å². The number of unbranched alkanes of at least 4 members (excludes halogenated alkanes) is 14. The summed E-state index contributed by atoms with van der Waals surface area (Å²) in [7, 11) is -4.38. The molecule has 3 N–H and O–H groups in total. The Bertz CT molecular complexity index is 949. The average Bonchev–Trinajstić information content (AvgIpc) is 3.08. The molecule has 0 aromatic carbocycles. The second-order valence-corrected chi connectivity index (χ2v) is 13.9. The minimum Gasteiger partial charge on any atom is -0.462 e. The SMILES string of the molecule is CC/C=C/C/C=C/C/C=C/CCCCCCCC(=O)O[C@H](COC(=O)CCCCCCC/C=C/CCCCCC)COP(=O)(O)OCCN. The molecule has 0 aromatic heterocycles. The molecule has 0 saturated heterocycles. The minimum atomic E-state index is -4.38. The fraction of sp³-hybridized carbons (Fsp3) is 0.744. The summed E-state index contributed by atoms with van der Waals surface area (Å²) >= 11 is 0. The maximum atomic E-state index is 12.5. The molecule has 0 aliphatic rings. The number of rotatable bonds is 35. The zero-order valence-corrected chi connectivity index (χ0v) is 31.8. The molecule has 0 rings (SSSR count). The summed E-state index contributed by atoms with van der Waals surface area (Å²) in [5, 5.41) is 0. The van der Waals surface area contributed by atoms with Crippen molar-refractivity contribution in [1.29, 1.82) is 0 Å². The van der Waals surface area contributed by atoms with E-state index in [0.717, 1.165) is 89.9 Å². The van der Waals surface area contributed by atoms with Gasteiger partial charge in [0.25, 0.3) is 0 Å². The van der Waals surface area contributed by atoms with Crippen molar-refractivity contribution >= 4 is 19.8 Å². The van der Waals surface area contributed by atoms with E-state index in [1.807, 2.05) is 0 Å². The van der Waals surface area contributed by atoms with Gasteiger partial charge in [-0.25, -0.2) is 4.57 Å². The van der Waals surface area contributed by atoms with Crippen molar-refractivity contribution < 1.29 is 37.6 Å². The summed E-state index contributed by atoms with van der Waals surface area (Å²) < 4.78 is 32.6. The van der Waals surface area contributed by atoms with Crippen LogP contribution in [0.3, 0.4) is 0 Å². The highest BCUT2D eigenvalue weighted by molar-refractivity contribution is 7.47. The van der Waals surface area contributed by atoms with Crippen molar-refractivity contribution in [2.24, 2.45) is 5.73 Å². The average molecular weight is 712 g/mol. The Morgan fingerprint density at radius 1 is 0.633 bits per heavy atom. The van der Waals surface area contributed by atoms with Crippen LogP contribution in [0.1, 0.15) is 155 Å². The van der Waals surface area contributed by atoms with E-state index in [9.17, 15) is 19.0 Å². The molecule has 0 amide bonds.